The highest BCUT2D eigenvalue weighted by Crippen LogP contribution is 2.26. The third-order valence-electron chi connectivity index (χ3n) is 3.76. The lowest BCUT2D eigenvalue weighted by atomic mass is 10.0. The van der Waals surface area contributed by atoms with Crippen LogP contribution in [0.5, 0.6) is 0 Å². The highest BCUT2D eigenvalue weighted by molar-refractivity contribution is 6.00. The molecule has 0 radical (unpaired) electrons. The number of carbonyl (C=O) groups excluding carboxylic acids is 3. The van der Waals surface area contributed by atoms with Crippen molar-refractivity contribution in [3.63, 3.8) is 0 Å². The first-order valence-electron chi connectivity index (χ1n) is 6.54. The van der Waals surface area contributed by atoms with Gasteiger partial charge in [-0.05, 0) is 25.7 Å². The topological polar surface area (TPSA) is 54.5 Å². The molecule has 1 saturated carbocycles. The lowest BCUT2D eigenvalue weighted by Crippen LogP contribution is -2.40. The van der Waals surface area contributed by atoms with Crippen LogP contribution in [0.1, 0.15) is 51.4 Å². The zero-order valence-electron chi connectivity index (χ0n) is 10.1. The summed E-state index contributed by atoms with van der Waals surface area (Å²) < 4.78 is 0. The molecule has 0 aromatic heterocycles. The Hall–Kier alpha value is -1.19. The highest BCUT2D eigenvalue weighted by Gasteiger charge is 2.30. The van der Waals surface area contributed by atoms with Crippen molar-refractivity contribution in [2.45, 2.75) is 51.4 Å². The maximum atomic E-state index is 12.0. The predicted molar refractivity (Wildman–Crippen MR) is 62.2 cm³/mol. The number of ketones is 1. The summed E-state index contributed by atoms with van der Waals surface area (Å²) >= 11 is 0. The van der Waals surface area contributed by atoms with E-state index >= 15 is 0 Å². The van der Waals surface area contributed by atoms with Crippen LogP contribution in [0, 0.1) is 5.92 Å². The molecule has 1 aliphatic heterocycles. The number of rotatable bonds is 3. The van der Waals surface area contributed by atoms with Gasteiger partial charge in [0.25, 0.3) is 0 Å². The van der Waals surface area contributed by atoms with Crippen molar-refractivity contribution in [1.82, 2.24) is 4.90 Å². The van der Waals surface area contributed by atoms with Gasteiger partial charge in [0, 0.05) is 18.8 Å². The third kappa shape index (κ3) is 2.93. The molecule has 2 rings (SSSR count). The van der Waals surface area contributed by atoms with Crippen LogP contribution in [0.25, 0.3) is 0 Å². The summed E-state index contributed by atoms with van der Waals surface area (Å²) in [5.41, 5.74) is 0. The lowest BCUT2D eigenvalue weighted by Gasteiger charge is -2.19. The SMILES string of the molecule is O=C(CN1C(=O)CCCCC1=O)C1CCCC1. The van der Waals surface area contributed by atoms with Crippen LogP contribution in [0.3, 0.4) is 0 Å². The number of hydrogen-bond acceptors (Lipinski definition) is 3. The van der Waals surface area contributed by atoms with Crippen LogP contribution < -0.4 is 0 Å². The Kier molecular flexibility index (Phi) is 3.92. The molecule has 17 heavy (non-hydrogen) atoms. The Morgan fingerprint density at radius 2 is 1.53 bits per heavy atom. The molecule has 0 spiro atoms. The van der Waals surface area contributed by atoms with Crippen molar-refractivity contribution >= 4 is 17.6 Å². The van der Waals surface area contributed by atoms with Gasteiger partial charge in [-0.1, -0.05) is 12.8 Å². The van der Waals surface area contributed by atoms with Crippen molar-refractivity contribution in [1.29, 1.82) is 0 Å². The molecule has 4 heteroatoms. The Morgan fingerprint density at radius 3 is 2.06 bits per heavy atom. The molecule has 0 bridgehead atoms. The predicted octanol–water partition coefficient (Wildman–Crippen LogP) is 1.67. The largest absolute Gasteiger partial charge is 0.297 e. The fraction of sp³-hybridized carbons (Fsp3) is 0.769. The van der Waals surface area contributed by atoms with Crippen LogP contribution in [-0.4, -0.2) is 29.0 Å². The first-order valence-corrected chi connectivity index (χ1v) is 6.54. The quantitative estimate of drug-likeness (QED) is 0.702. The lowest BCUT2D eigenvalue weighted by molar-refractivity contribution is -0.147. The van der Waals surface area contributed by atoms with E-state index in [2.05, 4.69) is 0 Å². The normalized spacial score (nSPS) is 22.9. The Labute approximate surface area is 101 Å². The van der Waals surface area contributed by atoms with E-state index in [-0.39, 0.29) is 30.1 Å². The summed E-state index contributed by atoms with van der Waals surface area (Å²) in [6, 6.07) is 0. The van der Waals surface area contributed by atoms with E-state index in [0.717, 1.165) is 38.5 Å². The molecule has 1 heterocycles. The Balaban J connectivity index is 1.97. The Morgan fingerprint density at radius 1 is 1.00 bits per heavy atom. The average molecular weight is 237 g/mol. The average Bonchev–Trinajstić information content (AvgIpc) is 2.79. The first kappa shape index (κ1) is 12.3. The van der Waals surface area contributed by atoms with Gasteiger partial charge in [0.1, 0.15) is 0 Å². The summed E-state index contributed by atoms with van der Waals surface area (Å²) in [4.78, 5) is 36.6. The van der Waals surface area contributed by atoms with Crippen molar-refractivity contribution in [3.8, 4) is 0 Å². The van der Waals surface area contributed by atoms with Crippen LogP contribution in [0.4, 0.5) is 0 Å². The standard InChI is InChI=1S/C13H19NO3/c15-11(10-5-1-2-6-10)9-14-12(16)7-3-4-8-13(14)17/h10H,1-9H2. The fourth-order valence-electron chi connectivity index (χ4n) is 2.67. The molecule has 0 N–H and O–H groups in total. The van der Waals surface area contributed by atoms with Gasteiger partial charge in [-0.3, -0.25) is 19.3 Å². The summed E-state index contributed by atoms with van der Waals surface area (Å²) in [7, 11) is 0. The molecule has 2 amide bonds. The van der Waals surface area contributed by atoms with Gasteiger partial charge >= 0.3 is 0 Å². The minimum absolute atomic E-state index is 0.0162. The molecule has 4 nitrogen and oxygen atoms in total. The van der Waals surface area contributed by atoms with Gasteiger partial charge in [0.2, 0.25) is 11.8 Å². The maximum absolute atomic E-state index is 12.0. The second-order valence-corrected chi connectivity index (χ2v) is 5.03. The van der Waals surface area contributed by atoms with E-state index in [4.69, 9.17) is 0 Å². The number of nitrogens with zero attached hydrogens (tertiary/aromatic N) is 1. The minimum Gasteiger partial charge on any atom is -0.297 e. The van der Waals surface area contributed by atoms with Crippen molar-refractivity contribution < 1.29 is 14.4 Å². The van der Waals surface area contributed by atoms with Gasteiger partial charge in [-0.15, -0.1) is 0 Å². The van der Waals surface area contributed by atoms with Gasteiger partial charge in [-0.25, -0.2) is 0 Å². The molecule has 2 fully saturated rings. The summed E-state index contributed by atoms with van der Waals surface area (Å²) in [6.07, 6.45) is 6.38. The molecule has 0 aromatic carbocycles. The van der Waals surface area contributed by atoms with E-state index < -0.39 is 0 Å². The number of Topliss-reactive ketones (excluding diaryl/α,β-unsaturated/α-hetero) is 1. The molecule has 94 valence electrons. The van der Waals surface area contributed by atoms with Crippen LogP contribution >= 0.6 is 0 Å². The van der Waals surface area contributed by atoms with Crippen LogP contribution in [0.2, 0.25) is 0 Å². The fourth-order valence-corrected chi connectivity index (χ4v) is 2.67. The number of imide groups is 1. The molecule has 0 atom stereocenters. The zero-order chi connectivity index (χ0) is 12.3. The van der Waals surface area contributed by atoms with E-state index in [1.54, 1.807) is 0 Å². The van der Waals surface area contributed by atoms with Gasteiger partial charge < -0.3 is 0 Å². The molecule has 0 unspecified atom stereocenters. The Bertz CT molecular complexity index is 314. The van der Waals surface area contributed by atoms with E-state index in [1.165, 1.54) is 4.90 Å². The van der Waals surface area contributed by atoms with Gasteiger partial charge in [0.05, 0.1) is 6.54 Å². The second kappa shape index (κ2) is 5.43. The summed E-state index contributed by atoms with van der Waals surface area (Å²) in [6.45, 7) is 0.0162. The zero-order valence-corrected chi connectivity index (χ0v) is 10.1. The van der Waals surface area contributed by atoms with Gasteiger partial charge in [-0.2, -0.15) is 0 Å². The van der Waals surface area contributed by atoms with Crippen LogP contribution in [-0.2, 0) is 14.4 Å². The van der Waals surface area contributed by atoms with Crippen molar-refractivity contribution in [3.05, 3.63) is 0 Å². The van der Waals surface area contributed by atoms with E-state index in [9.17, 15) is 14.4 Å². The van der Waals surface area contributed by atoms with Crippen molar-refractivity contribution in [2.24, 2.45) is 5.92 Å². The maximum Gasteiger partial charge on any atom is 0.229 e. The molecule has 1 aliphatic carbocycles. The van der Waals surface area contributed by atoms with E-state index in [0.29, 0.717) is 12.8 Å². The third-order valence-corrected chi connectivity index (χ3v) is 3.76. The molecule has 0 aromatic rings. The molecular weight excluding hydrogens is 218 g/mol. The summed E-state index contributed by atoms with van der Waals surface area (Å²) in [5, 5.41) is 0. The number of carbonyl (C=O) groups is 3. The first-order chi connectivity index (χ1) is 8.18. The second-order valence-electron chi connectivity index (χ2n) is 5.03. The van der Waals surface area contributed by atoms with E-state index in [1.807, 2.05) is 0 Å². The number of hydrogen-bond donors (Lipinski definition) is 0. The number of amides is 2. The summed E-state index contributed by atoms with van der Waals surface area (Å²) in [5.74, 6) is -0.178. The number of likely N-dealkylation sites (tertiary alicyclic amines) is 1. The smallest absolute Gasteiger partial charge is 0.229 e. The minimum atomic E-state index is -0.168. The molecule has 2 aliphatic rings. The molecular formula is C13H19NO3. The highest BCUT2D eigenvalue weighted by atomic mass is 16.2. The molecule has 1 saturated heterocycles. The monoisotopic (exact) mass is 237 g/mol. The van der Waals surface area contributed by atoms with Gasteiger partial charge in [0.15, 0.2) is 5.78 Å². The van der Waals surface area contributed by atoms with Crippen LogP contribution in [0.15, 0.2) is 0 Å². The van der Waals surface area contributed by atoms with Crippen molar-refractivity contribution in [2.75, 3.05) is 6.54 Å².